The van der Waals surface area contributed by atoms with E-state index in [1.165, 1.54) is 0 Å². The summed E-state index contributed by atoms with van der Waals surface area (Å²) in [5.74, 6) is 1.92. The van der Waals surface area contributed by atoms with Gasteiger partial charge in [0, 0.05) is 58.2 Å². The van der Waals surface area contributed by atoms with Crippen molar-refractivity contribution in [1.29, 1.82) is 0 Å². The van der Waals surface area contributed by atoms with E-state index < -0.39 is 5.60 Å². The van der Waals surface area contributed by atoms with Crippen molar-refractivity contribution in [3.63, 3.8) is 0 Å². The van der Waals surface area contributed by atoms with E-state index in [-0.39, 0.29) is 11.8 Å². The second kappa shape index (κ2) is 7.62. The predicted octanol–water partition coefficient (Wildman–Crippen LogP) is 2.22. The van der Waals surface area contributed by atoms with Gasteiger partial charge in [0.1, 0.15) is 11.5 Å². The molecule has 0 N–H and O–H groups in total. The third-order valence-electron chi connectivity index (χ3n) is 5.40. The molecule has 2 aliphatic heterocycles. The van der Waals surface area contributed by atoms with Crippen LogP contribution in [0.4, 0.5) is 0 Å². The maximum absolute atomic E-state index is 13.1. The Kier molecular flexibility index (Phi) is 5.49. The lowest BCUT2D eigenvalue weighted by Crippen LogP contribution is -2.52. The van der Waals surface area contributed by atoms with E-state index in [0.29, 0.717) is 32.6 Å². The van der Waals surface area contributed by atoms with E-state index in [1.54, 1.807) is 21.3 Å². The van der Waals surface area contributed by atoms with Gasteiger partial charge < -0.3 is 23.8 Å². The van der Waals surface area contributed by atoms with E-state index in [9.17, 15) is 4.79 Å². The van der Waals surface area contributed by atoms with Crippen molar-refractivity contribution in [2.24, 2.45) is 0 Å². The average molecular weight is 349 g/mol. The third-order valence-corrected chi connectivity index (χ3v) is 5.40. The van der Waals surface area contributed by atoms with Crippen molar-refractivity contribution in [3.8, 4) is 11.5 Å². The van der Waals surface area contributed by atoms with Gasteiger partial charge in [-0.15, -0.1) is 0 Å². The second-order valence-corrected chi connectivity index (χ2v) is 6.69. The molecule has 0 aliphatic carbocycles. The van der Waals surface area contributed by atoms with Crippen LogP contribution in [0.3, 0.4) is 0 Å². The van der Waals surface area contributed by atoms with Crippen molar-refractivity contribution in [3.05, 3.63) is 23.8 Å². The fourth-order valence-electron chi connectivity index (χ4n) is 3.78. The van der Waals surface area contributed by atoms with Crippen LogP contribution in [-0.2, 0) is 14.3 Å². The molecule has 138 valence electrons. The summed E-state index contributed by atoms with van der Waals surface area (Å²) in [5, 5.41) is 0. The standard InChI is InChI=1S/C19H27NO5/c1-22-16-10-15(11-17(12-16)23-2)14-4-7-20(13-14)18(21)19(24-3)5-8-25-9-6-19/h10-12,14H,4-9,13H2,1-3H3. The highest BCUT2D eigenvalue weighted by molar-refractivity contribution is 5.85. The number of carbonyl (C=O) groups is 1. The molecule has 2 fully saturated rings. The fraction of sp³-hybridized carbons (Fsp3) is 0.632. The Hall–Kier alpha value is -1.79. The van der Waals surface area contributed by atoms with Gasteiger partial charge in [0.15, 0.2) is 5.60 Å². The molecule has 2 aliphatic rings. The maximum Gasteiger partial charge on any atom is 0.255 e. The van der Waals surface area contributed by atoms with E-state index in [0.717, 1.165) is 30.0 Å². The smallest absolute Gasteiger partial charge is 0.255 e. The first kappa shape index (κ1) is 18.0. The van der Waals surface area contributed by atoms with Crippen LogP contribution in [0.25, 0.3) is 0 Å². The molecule has 0 aromatic heterocycles. The van der Waals surface area contributed by atoms with E-state index in [1.807, 2.05) is 23.1 Å². The number of hydrogen-bond donors (Lipinski definition) is 0. The Labute approximate surface area is 149 Å². The predicted molar refractivity (Wildman–Crippen MR) is 93.3 cm³/mol. The largest absolute Gasteiger partial charge is 0.497 e. The number of ether oxygens (including phenoxy) is 4. The Morgan fingerprint density at radius 3 is 2.32 bits per heavy atom. The summed E-state index contributed by atoms with van der Waals surface area (Å²) in [4.78, 5) is 15.0. The molecule has 1 atom stereocenters. The molecule has 0 bridgehead atoms. The lowest BCUT2D eigenvalue weighted by atomic mass is 9.92. The van der Waals surface area contributed by atoms with Crippen LogP contribution >= 0.6 is 0 Å². The van der Waals surface area contributed by atoms with Gasteiger partial charge in [-0.2, -0.15) is 0 Å². The zero-order valence-corrected chi connectivity index (χ0v) is 15.2. The van der Waals surface area contributed by atoms with Crippen LogP contribution in [0.5, 0.6) is 11.5 Å². The lowest BCUT2D eigenvalue weighted by molar-refractivity contribution is -0.165. The summed E-state index contributed by atoms with van der Waals surface area (Å²) in [6.45, 7) is 2.59. The number of nitrogens with zero attached hydrogens (tertiary/aromatic N) is 1. The highest BCUT2D eigenvalue weighted by Gasteiger charge is 2.44. The first-order valence-electron chi connectivity index (χ1n) is 8.77. The number of benzene rings is 1. The first-order chi connectivity index (χ1) is 12.1. The lowest BCUT2D eigenvalue weighted by Gasteiger charge is -2.37. The fourth-order valence-corrected chi connectivity index (χ4v) is 3.78. The molecule has 0 saturated carbocycles. The number of hydrogen-bond acceptors (Lipinski definition) is 5. The molecular formula is C19H27NO5. The molecule has 6 nitrogen and oxygen atoms in total. The van der Waals surface area contributed by atoms with Gasteiger partial charge in [0.25, 0.3) is 5.91 Å². The van der Waals surface area contributed by atoms with E-state index in [4.69, 9.17) is 18.9 Å². The zero-order chi connectivity index (χ0) is 17.9. The minimum absolute atomic E-state index is 0.0932. The van der Waals surface area contributed by atoms with Crippen molar-refractivity contribution in [2.75, 3.05) is 47.6 Å². The third kappa shape index (κ3) is 3.60. The SMILES string of the molecule is COc1cc(OC)cc(C2CCN(C(=O)C3(OC)CCOCC3)C2)c1. The van der Waals surface area contributed by atoms with Crippen LogP contribution in [0.2, 0.25) is 0 Å². The summed E-state index contributed by atoms with van der Waals surface area (Å²) in [5.41, 5.74) is 0.420. The number of likely N-dealkylation sites (tertiary alicyclic amines) is 1. The van der Waals surface area contributed by atoms with Gasteiger partial charge >= 0.3 is 0 Å². The topological polar surface area (TPSA) is 57.2 Å². The van der Waals surface area contributed by atoms with Crippen LogP contribution in [0.15, 0.2) is 18.2 Å². The molecule has 3 rings (SSSR count). The maximum atomic E-state index is 13.1. The van der Waals surface area contributed by atoms with Crippen molar-refractivity contribution < 1.29 is 23.7 Å². The minimum Gasteiger partial charge on any atom is -0.497 e. The normalized spacial score (nSPS) is 22.7. The summed E-state index contributed by atoms with van der Waals surface area (Å²) in [6.07, 6.45) is 2.17. The Morgan fingerprint density at radius 1 is 1.12 bits per heavy atom. The number of amides is 1. The van der Waals surface area contributed by atoms with Crippen LogP contribution in [0.1, 0.15) is 30.7 Å². The molecule has 6 heteroatoms. The van der Waals surface area contributed by atoms with Gasteiger partial charge in [0.2, 0.25) is 0 Å². The van der Waals surface area contributed by atoms with E-state index in [2.05, 4.69) is 0 Å². The first-order valence-corrected chi connectivity index (χ1v) is 8.77. The quantitative estimate of drug-likeness (QED) is 0.816. The van der Waals surface area contributed by atoms with Crippen LogP contribution in [-0.4, -0.2) is 64.0 Å². The Balaban J connectivity index is 1.74. The van der Waals surface area contributed by atoms with Crippen molar-refractivity contribution in [2.45, 2.75) is 30.8 Å². The molecule has 2 saturated heterocycles. The zero-order valence-electron chi connectivity index (χ0n) is 15.2. The molecule has 25 heavy (non-hydrogen) atoms. The molecule has 0 spiro atoms. The average Bonchev–Trinajstić information content (AvgIpc) is 3.17. The Bertz CT molecular complexity index is 590. The van der Waals surface area contributed by atoms with Gasteiger partial charge in [-0.1, -0.05) is 0 Å². The summed E-state index contributed by atoms with van der Waals surface area (Å²) < 4.78 is 21.8. The van der Waals surface area contributed by atoms with Gasteiger partial charge in [-0.05, 0) is 24.1 Å². The summed E-state index contributed by atoms with van der Waals surface area (Å²) >= 11 is 0. The molecule has 1 aromatic carbocycles. The van der Waals surface area contributed by atoms with Gasteiger partial charge in [-0.3, -0.25) is 4.79 Å². The van der Waals surface area contributed by atoms with Gasteiger partial charge in [-0.25, -0.2) is 0 Å². The highest BCUT2D eigenvalue weighted by Crippen LogP contribution is 2.35. The summed E-state index contributed by atoms with van der Waals surface area (Å²) in [6, 6.07) is 5.92. The van der Waals surface area contributed by atoms with Crippen molar-refractivity contribution >= 4 is 5.91 Å². The Morgan fingerprint density at radius 2 is 1.76 bits per heavy atom. The number of carbonyl (C=O) groups excluding carboxylic acids is 1. The van der Waals surface area contributed by atoms with E-state index >= 15 is 0 Å². The number of methoxy groups -OCH3 is 3. The van der Waals surface area contributed by atoms with Crippen LogP contribution < -0.4 is 9.47 Å². The molecule has 1 amide bonds. The minimum atomic E-state index is -0.723. The number of rotatable bonds is 5. The van der Waals surface area contributed by atoms with Crippen LogP contribution in [0, 0.1) is 0 Å². The van der Waals surface area contributed by atoms with Crippen molar-refractivity contribution in [1.82, 2.24) is 4.90 Å². The second-order valence-electron chi connectivity index (χ2n) is 6.69. The highest BCUT2D eigenvalue weighted by atomic mass is 16.5. The molecular weight excluding hydrogens is 322 g/mol. The molecule has 1 unspecified atom stereocenters. The van der Waals surface area contributed by atoms with Gasteiger partial charge in [0.05, 0.1) is 14.2 Å². The monoisotopic (exact) mass is 349 g/mol. The molecule has 2 heterocycles. The molecule has 1 aromatic rings. The molecule has 0 radical (unpaired) electrons. The summed E-state index contributed by atoms with van der Waals surface area (Å²) in [7, 11) is 4.93.